The molecule has 0 fully saturated rings. The third kappa shape index (κ3) is 2.28. The van der Waals surface area contributed by atoms with Gasteiger partial charge in [0.25, 0.3) is 17.8 Å². The van der Waals surface area contributed by atoms with Crippen LogP contribution in [0.15, 0.2) is 66.4 Å². The lowest BCUT2D eigenvalue weighted by atomic mass is 10.1. The van der Waals surface area contributed by atoms with E-state index in [-0.39, 0.29) is 12.0 Å². The van der Waals surface area contributed by atoms with Gasteiger partial charge in [-0.05, 0) is 30.7 Å². The Bertz CT molecular complexity index is 1080. The van der Waals surface area contributed by atoms with E-state index in [0.29, 0.717) is 17.1 Å². The van der Waals surface area contributed by atoms with Gasteiger partial charge < -0.3 is 5.32 Å². The maximum atomic E-state index is 12.7. The van der Waals surface area contributed by atoms with Gasteiger partial charge in [-0.15, -0.1) is 5.10 Å². The van der Waals surface area contributed by atoms with Crippen molar-refractivity contribution in [3.63, 3.8) is 0 Å². The minimum Gasteiger partial charge on any atom is -0.329 e. The van der Waals surface area contributed by atoms with Gasteiger partial charge in [0.2, 0.25) is 5.95 Å². The predicted molar refractivity (Wildman–Crippen MR) is 99.6 cm³/mol. The van der Waals surface area contributed by atoms with E-state index in [0.717, 1.165) is 16.2 Å². The number of hydrogen-bond acceptors (Lipinski definition) is 5. The maximum absolute atomic E-state index is 12.7. The first kappa shape index (κ1) is 15.5. The molecule has 0 bridgehead atoms. The monoisotopic (exact) mass is 357 g/mol. The van der Waals surface area contributed by atoms with Crippen molar-refractivity contribution in [1.82, 2.24) is 14.8 Å². The van der Waals surface area contributed by atoms with Crippen molar-refractivity contribution in [3.8, 4) is 0 Å². The number of hydrogen-bond donors (Lipinski definition) is 1. The first-order valence-corrected chi connectivity index (χ1v) is 8.58. The molecule has 27 heavy (non-hydrogen) atoms. The highest BCUT2D eigenvalue weighted by Gasteiger charge is 2.39. The summed E-state index contributed by atoms with van der Waals surface area (Å²) in [5.74, 6) is -0.234. The average molecular weight is 357 g/mol. The van der Waals surface area contributed by atoms with Crippen molar-refractivity contribution in [2.24, 2.45) is 0 Å². The van der Waals surface area contributed by atoms with E-state index in [4.69, 9.17) is 0 Å². The fourth-order valence-electron chi connectivity index (χ4n) is 3.47. The van der Waals surface area contributed by atoms with Gasteiger partial charge >= 0.3 is 0 Å². The lowest BCUT2D eigenvalue weighted by Gasteiger charge is -2.22. The molecule has 5 rings (SSSR count). The number of carbonyl (C=O) groups is 2. The van der Waals surface area contributed by atoms with Crippen molar-refractivity contribution in [2.75, 3.05) is 10.2 Å². The smallest absolute Gasteiger partial charge is 0.268 e. The summed E-state index contributed by atoms with van der Waals surface area (Å²) in [5, 5.41) is 7.65. The molecule has 2 aliphatic rings. The van der Waals surface area contributed by atoms with Crippen LogP contribution in [0.4, 0.5) is 11.9 Å². The summed E-state index contributed by atoms with van der Waals surface area (Å²) < 4.78 is 1.70. The van der Waals surface area contributed by atoms with Gasteiger partial charge in [0.05, 0.1) is 11.1 Å². The molecule has 3 heterocycles. The van der Waals surface area contributed by atoms with Crippen molar-refractivity contribution in [3.05, 3.63) is 83.1 Å². The van der Waals surface area contributed by atoms with Crippen LogP contribution in [0, 0.1) is 0 Å². The highest BCUT2D eigenvalue weighted by atomic mass is 16.2. The summed E-state index contributed by atoms with van der Waals surface area (Å²) in [4.78, 5) is 30.9. The Kier molecular flexibility index (Phi) is 3.24. The summed E-state index contributed by atoms with van der Waals surface area (Å²) in [7, 11) is 0. The molecule has 7 nitrogen and oxygen atoms in total. The first-order valence-electron chi connectivity index (χ1n) is 8.58. The molecule has 1 aromatic heterocycles. The highest BCUT2D eigenvalue weighted by molar-refractivity contribution is 6.33. The number of aromatic nitrogens is 3. The van der Waals surface area contributed by atoms with Crippen molar-refractivity contribution in [1.29, 1.82) is 0 Å². The molecule has 132 valence electrons. The second kappa shape index (κ2) is 5.63. The third-order valence-electron chi connectivity index (χ3n) is 4.74. The summed E-state index contributed by atoms with van der Waals surface area (Å²) in [6, 6.07) is 16.5. The molecule has 0 radical (unpaired) electrons. The van der Waals surface area contributed by atoms with Crippen LogP contribution in [-0.4, -0.2) is 26.6 Å². The molecular weight excluding hydrogens is 342 g/mol. The maximum Gasteiger partial charge on any atom is 0.268 e. The van der Waals surface area contributed by atoms with Gasteiger partial charge in [-0.3, -0.25) is 9.59 Å². The molecule has 1 N–H and O–H groups in total. The Hall–Kier alpha value is -3.74. The second-order valence-electron chi connectivity index (χ2n) is 6.50. The molecule has 2 aromatic carbocycles. The molecule has 0 aliphatic carbocycles. The summed E-state index contributed by atoms with van der Waals surface area (Å²) in [5.41, 5.74) is 2.71. The minimum absolute atomic E-state index is 0.0766. The normalized spacial score (nSPS) is 18.0. The Morgan fingerprint density at radius 3 is 2.22 bits per heavy atom. The zero-order chi connectivity index (χ0) is 18.5. The fraction of sp³-hybridized carbons (Fsp3) is 0.100. The van der Waals surface area contributed by atoms with Crippen LogP contribution in [0.3, 0.4) is 0 Å². The quantitative estimate of drug-likeness (QED) is 0.713. The molecule has 0 saturated heterocycles. The first-order chi connectivity index (χ1) is 13.1. The average Bonchev–Trinajstić information content (AvgIpc) is 3.21. The number of fused-ring (bicyclic) bond motifs is 2. The number of nitrogens with one attached hydrogen (secondary N) is 1. The standard InChI is InChI=1S/C20H15N5O2/c1-12-11-16(13-7-3-2-4-8-13)25-19(21-12)22-20(23-25)24-17(26)14-9-5-6-10-15(14)18(24)27/h2-11,16H,1H3,(H,21,22,23)/t16-/m0/s1. The van der Waals surface area contributed by atoms with Gasteiger partial charge in [0, 0.05) is 5.70 Å². The van der Waals surface area contributed by atoms with Gasteiger partial charge in [0.15, 0.2) is 0 Å². The Morgan fingerprint density at radius 1 is 0.926 bits per heavy atom. The summed E-state index contributed by atoms with van der Waals surface area (Å²) >= 11 is 0. The molecule has 0 saturated carbocycles. The van der Waals surface area contributed by atoms with Crippen LogP contribution in [0.5, 0.6) is 0 Å². The number of anilines is 2. The van der Waals surface area contributed by atoms with Crippen LogP contribution in [0.25, 0.3) is 0 Å². The highest BCUT2D eigenvalue weighted by Crippen LogP contribution is 2.32. The molecule has 2 aliphatic heterocycles. The van der Waals surface area contributed by atoms with E-state index in [1.807, 2.05) is 43.3 Å². The SMILES string of the molecule is CC1=C[C@@H](c2ccccc2)n2nc(N3C(=O)c4ccccc4C3=O)nc2N1. The van der Waals surface area contributed by atoms with Crippen LogP contribution in [-0.2, 0) is 0 Å². The van der Waals surface area contributed by atoms with Gasteiger partial charge in [-0.25, -0.2) is 9.58 Å². The molecule has 0 spiro atoms. The Balaban J connectivity index is 1.59. The minimum atomic E-state index is -0.403. The molecule has 0 unspecified atom stereocenters. The van der Waals surface area contributed by atoms with Crippen LogP contribution in [0.2, 0.25) is 0 Å². The molecule has 2 amide bonds. The number of rotatable bonds is 2. The van der Waals surface area contributed by atoms with Crippen molar-refractivity contribution >= 4 is 23.7 Å². The molecule has 3 aromatic rings. The van der Waals surface area contributed by atoms with E-state index in [9.17, 15) is 9.59 Å². The van der Waals surface area contributed by atoms with Gasteiger partial charge in [0.1, 0.15) is 6.04 Å². The van der Waals surface area contributed by atoms with E-state index in [1.54, 1.807) is 28.9 Å². The van der Waals surface area contributed by atoms with Crippen molar-refractivity contribution < 1.29 is 9.59 Å². The number of imide groups is 1. The lowest BCUT2D eigenvalue weighted by Crippen LogP contribution is -2.30. The molecule has 1 atom stereocenters. The van der Waals surface area contributed by atoms with E-state index >= 15 is 0 Å². The van der Waals surface area contributed by atoms with Crippen LogP contribution in [0.1, 0.15) is 39.2 Å². The third-order valence-corrected chi connectivity index (χ3v) is 4.74. The van der Waals surface area contributed by atoms with Crippen molar-refractivity contribution in [2.45, 2.75) is 13.0 Å². The topological polar surface area (TPSA) is 80.1 Å². The van der Waals surface area contributed by atoms with Gasteiger partial charge in [-0.2, -0.15) is 4.98 Å². The molecular formula is C20H15N5O2. The Labute approximate surface area is 154 Å². The second-order valence-corrected chi connectivity index (χ2v) is 6.50. The number of amides is 2. The number of allylic oxidation sites excluding steroid dienone is 2. The lowest BCUT2D eigenvalue weighted by molar-refractivity contribution is 0.0924. The summed E-state index contributed by atoms with van der Waals surface area (Å²) in [6.45, 7) is 1.94. The van der Waals surface area contributed by atoms with Crippen LogP contribution >= 0.6 is 0 Å². The van der Waals surface area contributed by atoms with E-state index < -0.39 is 11.8 Å². The largest absolute Gasteiger partial charge is 0.329 e. The molecule has 7 heteroatoms. The zero-order valence-corrected chi connectivity index (χ0v) is 14.5. The van der Waals surface area contributed by atoms with E-state index in [1.165, 1.54) is 0 Å². The zero-order valence-electron chi connectivity index (χ0n) is 14.5. The fourth-order valence-corrected chi connectivity index (χ4v) is 3.47. The van der Waals surface area contributed by atoms with Crippen LogP contribution < -0.4 is 10.2 Å². The number of carbonyl (C=O) groups excluding carboxylic acids is 2. The number of benzene rings is 2. The predicted octanol–water partition coefficient (Wildman–Crippen LogP) is 3.00. The Morgan fingerprint density at radius 2 is 1.56 bits per heavy atom. The summed E-state index contributed by atoms with van der Waals surface area (Å²) in [6.07, 6.45) is 2.03. The van der Waals surface area contributed by atoms with Gasteiger partial charge in [-0.1, -0.05) is 42.5 Å². The number of nitrogens with zero attached hydrogens (tertiary/aromatic N) is 4. The van der Waals surface area contributed by atoms with E-state index in [2.05, 4.69) is 15.4 Å².